The summed E-state index contributed by atoms with van der Waals surface area (Å²) in [7, 11) is 0. The lowest BCUT2D eigenvalue weighted by atomic mass is 9.98. The van der Waals surface area contributed by atoms with Gasteiger partial charge < -0.3 is 14.8 Å². The second kappa shape index (κ2) is 8.54. The van der Waals surface area contributed by atoms with Crippen LogP contribution in [-0.2, 0) is 0 Å². The Hall–Kier alpha value is -3.53. The molecule has 1 N–H and O–H groups in total. The van der Waals surface area contributed by atoms with Crippen molar-refractivity contribution in [3.63, 3.8) is 0 Å². The molecule has 5 rings (SSSR count). The van der Waals surface area contributed by atoms with Crippen molar-refractivity contribution in [3.05, 3.63) is 102 Å². The number of rotatable bonds is 4. The van der Waals surface area contributed by atoms with E-state index < -0.39 is 0 Å². The Morgan fingerprint density at radius 2 is 1.72 bits per heavy atom. The number of hydrogen-bond donors (Lipinski definition) is 1. The third-order valence-corrected chi connectivity index (χ3v) is 6.54. The normalized spacial score (nSPS) is 16.7. The largest absolute Gasteiger partial charge is 0.361 e. The predicted octanol–water partition coefficient (Wildman–Crippen LogP) is 6.00. The van der Waals surface area contributed by atoms with Crippen LogP contribution in [0.25, 0.3) is 10.9 Å². The SMILES string of the molecule is CC(C)c1cccc(N2CCN(C(=O)c3c[nH]c4ccccc34)CC2c2ccccc2)c1. The minimum atomic E-state index is 0.0963. The molecule has 3 aromatic carbocycles. The first kappa shape index (κ1) is 20.4. The van der Waals surface area contributed by atoms with Gasteiger partial charge in [-0.05, 0) is 35.2 Å². The van der Waals surface area contributed by atoms with Crippen LogP contribution in [0.1, 0.15) is 47.3 Å². The third kappa shape index (κ3) is 3.77. The van der Waals surface area contributed by atoms with E-state index in [-0.39, 0.29) is 11.9 Å². The monoisotopic (exact) mass is 423 g/mol. The summed E-state index contributed by atoms with van der Waals surface area (Å²) < 4.78 is 0. The van der Waals surface area contributed by atoms with Gasteiger partial charge in [0.05, 0.1) is 11.6 Å². The molecule has 1 saturated heterocycles. The number of hydrogen-bond acceptors (Lipinski definition) is 2. The molecule has 0 radical (unpaired) electrons. The number of piperazine rings is 1. The Kier molecular flexibility index (Phi) is 5.44. The molecule has 4 heteroatoms. The molecule has 1 aromatic heterocycles. The fourth-order valence-electron chi connectivity index (χ4n) is 4.72. The number of carbonyl (C=O) groups is 1. The van der Waals surface area contributed by atoms with Gasteiger partial charge in [0.2, 0.25) is 0 Å². The molecule has 2 heterocycles. The van der Waals surface area contributed by atoms with E-state index >= 15 is 0 Å². The van der Waals surface area contributed by atoms with E-state index in [1.54, 1.807) is 0 Å². The Balaban J connectivity index is 1.47. The van der Waals surface area contributed by atoms with Crippen LogP contribution in [0.2, 0.25) is 0 Å². The Morgan fingerprint density at radius 3 is 2.53 bits per heavy atom. The number of amides is 1. The highest BCUT2D eigenvalue weighted by atomic mass is 16.2. The average Bonchev–Trinajstić information content (AvgIpc) is 3.28. The van der Waals surface area contributed by atoms with Crippen molar-refractivity contribution in [1.29, 1.82) is 0 Å². The molecule has 162 valence electrons. The molecule has 4 nitrogen and oxygen atoms in total. The molecular weight excluding hydrogens is 394 g/mol. The second-order valence-electron chi connectivity index (χ2n) is 8.87. The summed E-state index contributed by atoms with van der Waals surface area (Å²) in [4.78, 5) is 21.2. The van der Waals surface area contributed by atoms with Crippen LogP contribution in [0.4, 0.5) is 5.69 Å². The number of nitrogens with one attached hydrogen (secondary N) is 1. The molecule has 1 amide bonds. The van der Waals surface area contributed by atoms with Gasteiger partial charge in [0.15, 0.2) is 0 Å². The summed E-state index contributed by atoms with van der Waals surface area (Å²) in [6, 6.07) is 27.5. The van der Waals surface area contributed by atoms with Gasteiger partial charge in [-0.15, -0.1) is 0 Å². The fourth-order valence-corrected chi connectivity index (χ4v) is 4.72. The highest BCUT2D eigenvalue weighted by Crippen LogP contribution is 2.33. The quantitative estimate of drug-likeness (QED) is 0.438. The van der Waals surface area contributed by atoms with Crippen LogP contribution in [0.15, 0.2) is 85.1 Å². The summed E-state index contributed by atoms with van der Waals surface area (Å²) in [6.45, 7) is 6.62. The smallest absolute Gasteiger partial charge is 0.256 e. The number of aromatic amines is 1. The average molecular weight is 424 g/mol. The maximum Gasteiger partial charge on any atom is 0.256 e. The van der Waals surface area contributed by atoms with Gasteiger partial charge in [0.1, 0.15) is 0 Å². The lowest BCUT2D eigenvalue weighted by molar-refractivity contribution is 0.0724. The van der Waals surface area contributed by atoms with E-state index in [1.807, 2.05) is 41.4 Å². The lowest BCUT2D eigenvalue weighted by Crippen LogP contribution is -2.50. The van der Waals surface area contributed by atoms with Gasteiger partial charge in [-0.25, -0.2) is 0 Å². The number of anilines is 1. The summed E-state index contributed by atoms with van der Waals surface area (Å²) in [6.07, 6.45) is 1.85. The predicted molar refractivity (Wildman–Crippen MR) is 131 cm³/mol. The summed E-state index contributed by atoms with van der Waals surface area (Å²) in [5.74, 6) is 0.578. The van der Waals surface area contributed by atoms with Crippen LogP contribution < -0.4 is 4.90 Å². The van der Waals surface area contributed by atoms with Crippen molar-refractivity contribution in [2.45, 2.75) is 25.8 Å². The van der Waals surface area contributed by atoms with Crippen LogP contribution in [0, 0.1) is 0 Å². The molecule has 1 aliphatic heterocycles. The van der Waals surface area contributed by atoms with Gasteiger partial charge in [-0.3, -0.25) is 4.79 Å². The van der Waals surface area contributed by atoms with Crippen LogP contribution in [0.5, 0.6) is 0 Å². The van der Waals surface area contributed by atoms with E-state index in [2.05, 4.69) is 72.3 Å². The Bertz CT molecular complexity index is 1230. The van der Waals surface area contributed by atoms with Gasteiger partial charge in [-0.1, -0.05) is 74.5 Å². The number of nitrogens with zero attached hydrogens (tertiary/aromatic N) is 2. The summed E-state index contributed by atoms with van der Waals surface area (Å²) >= 11 is 0. The minimum absolute atomic E-state index is 0.0963. The van der Waals surface area contributed by atoms with Gasteiger partial charge in [0.25, 0.3) is 5.91 Å². The first-order valence-corrected chi connectivity index (χ1v) is 11.4. The molecule has 4 aromatic rings. The summed E-state index contributed by atoms with van der Waals surface area (Å²) in [5, 5.41) is 0.987. The lowest BCUT2D eigenvalue weighted by Gasteiger charge is -2.43. The van der Waals surface area contributed by atoms with Crippen molar-refractivity contribution in [1.82, 2.24) is 9.88 Å². The van der Waals surface area contributed by atoms with Crippen LogP contribution >= 0.6 is 0 Å². The molecule has 0 saturated carbocycles. The molecule has 1 aliphatic rings. The molecule has 0 aliphatic carbocycles. The topological polar surface area (TPSA) is 39.3 Å². The van der Waals surface area contributed by atoms with E-state index in [0.717, 1.165) is 23.0 Å². The molecule has 1 fully saturated rings. The second-order valence-corrected chi connectivity index (χ2v) is 8.87. The summed E-state index contributed by atoms with van der Waals surface area (Å²) in [5.41, 5.74) is 5.55. The van der Waals surface area contributed by atoms with E-state index in [4.69, 9.17) is 0 Å². The van der Waals surface area contributed by atoms with Crippen molar-refractivity contribution in [2.24, 2.45) is 0 Å². The number of H-pyrrole nitrogens is 1. The highest BCUT2D eigenvalue weighted by Gasteiger charge is 2.32. The Morgan fingerprint density at radius 1 is 0.938 bits per heavy atom. The molecular formula is C28H29N3O. The highest BCUT2D eigenvalue weighted by molar-refractivity contribution is 6.06. The third-order valence-electron chi connectivity index (χ3n) is 6.54. The van der Waals surface area contributed by atoms with E-state index in [9.17, 15) is 4.79 Å². The molecule has 1 unspecified atom stereocenters. The van der Waals surface area contributed by atoms with Gasteiger partial charge in [0, 0.05) is 42.4 Å². The maximum atomic E-state index is 13.5. The van der Waals surface area contributed by atoms with E-state index in [0.29, 0.717) is 19.0 Å². The van der Waals surface area contributed by atoms with Crippen molar-refractivity contribution in [2.75, 3.05) is 24.5 Å². The minimum Gasteiger partial charge on any atom is -0.361 e. The zero-order valence-electron chi connectivity index (χ0n) is 18.7. The number of benzene rings is 3. The first-order valence-electron chi connectivity index (χ1n) is 11.4. The van der Waals surface area contributed by atoms with Gasteiger partial charge in [-0.2, -0.15) is 0 Å². The fraction of sp³-hybridized carbons (Fsp3) is 0.250. The van der Waals surface area contributed by atoms with Gasteiger partial charge >= 0.3 is 0 Å². The maximum absolute atomic E-state index is 13.5. The first-order chi connectivity index (χ1) is 15.6. The number of carbonyl (C=O) groups excluding carboxylic acids is 1. The molecule has 0 spiro atoms. The number of aromatic nitrogens is 1. The van der Waals surface area contributed by atoms with Crippen molar-refractivity contribution >= 4 is 22.5 Å². The molecule has 1 atom stereocenters. The van der Waals surface area contributed by atoms with Crippen LogP contribution in [-0.4, -0.2) is 35.4 Å². The molecule has 0 bridgehead atoms. The van der Waals surface area contributed by atoms with Crippen molar-refractivity contribution < 1.29 is 4.79 Å². The van der Waals surface area contributed by atoms with Crippen LogP contribution in [0.3, 0.4) is 0 Å². The number of para-hydroxylation sites is 1. The molecule has 32 heavy (non-hydrogen) atoms. The Labute approximate surface area is 189 Å². The van der Waals surface area contributed by atoms with Crippen molar-refractivity contribution in [3.8, 4) is 0 Å². The zero-order valence-corrected chi connectivity index (χ0v) is 18.7. The standard InChI is InChI=1S/C28H29N3O/c1-20(2)22-11-8-12-23(17-22)31-16-15-30(19-27(31)21-9-4-3-5-10-21)28(32)25-18-29-26-14-7-6-13-24(25)26/h3-14,17-18,20,27,29H,15-16,19H2,1-2H3. The van der Waals surface area contributed by atoms with E-state index in [1.165, 1.54) is 16.8 Å². The number of fused-ring (bicyclic) bond motifs is 1. The zero-order chi connectivity index (χ0) is 22.1.